The van der Waals surface area contributed by atoms with Crippen molar-refractivity contribution >= 4 is 22.1 Å². The Bertz CT molecular complexity index is 750. The van der Waals surface area contributed by atoms with Crippen molar-refractivity contribution < 1.29 is 18.9 Å². The third-order valence-electron chi connectivity index (χ3n) is 3.53. The Morgan fingerprint density at radius 1 is 0.880 bits per heavy atom. The van der Waals surface area contributed by atoms with Crippen LogP contribution in [0.2, 0.25) is 0 Å². The number of nitrogens with one attached hydrogen (secondary N) is 1. The standard InChI is InChI=1S/C18H21BrN2O4/c1-22-15-6-5-12(7-18(15)25-4)10-20-21-11-13-8-14(19)17(24-3)9-16(13)23-2/h5-9,11,20H,10H2,1-4H3/b21-11-. The summed E-state index contributed by atoms with van der Waals surface area (Å²) in [5, 5.41) is 4.25. The Morgan fingerprint density at radius 2 is 1.56 bits per heavy atom. The molecule has 0 atom stereocenters. The maximum Gasteiger partial charge on any atom is 0.161 e. The Kier molecular flexibility index (Phi) is 6.94. The molecule has 0 radical (unpaired) electrons. The highest BCUT2D eigenvalue weighted by Crippen LogP contribution is 2.32. The second kappa shape index (κ2) is 9.17. The van der Waals surface area contributed by atoms with Crippen LogP contribution in [0.5, 0.6) is 23.0 Å². The number of halogens is 1. The number of hydrogen-bond acceptors (Lipinski definition) is 6. The van der Waals surface area contributed by atoms with Crippen LogP contribution in [0.4, 0.5) is 0 Å². The molecule has 0 aliphatic carbocycles. The normalized spacial score (nSPS) is 10.6. The second-order valence-electron chi connectivity index (χ2n) is 5.01. The van der Waals surface area contributed by atoms with E-state index in [2.05, 4.69) is 26.5 Å². The van der Waals surface area contributed by atoms with Crippen LogP contribution in [0.25, 0.3) is 0 Å². The number of hydrazone groups is 1. The lowest BCUT2D eigenvalue weighted by molar-refractivity contribution is 0.354. The predicted molar refractivity (Wildman–Crippen MR) is 101 cm³/mol. The highest BCUT2D eigenvalue weighted by atomic mass is 79.9. The van der Waals surface area contributed by atoms with Gasteiger partial charge in [-0.25, -0.2) is 0 Å². The Morgan fingerprint density at radius 3 is 2.20 bits per heavy atom. The summed E-state index contributed by atoms with van der Waals surface area (Å²) in [6.45, 7) is 0.552. The summed E-state index contributed by atoms with van der Waals surface area (Å²) in [7, 11) is 6.44. The summed E-state index contributed by atoms with van der Waals surface area (Å²) in [5.74, 6) is 2.76. The second-order valence-corrected chi connectivity index (χ2v) is 5.87. The van der Waals surface area contributed by atoms with Gasteiger partial charge in [-0.1, -0.05) is 6.07 Å². The maximum atomic E-state index is 5.36. The van der Waals surface area contributed by atoms with Gasteiger partial charge in [0, 0.05) is 11.6 Å². The van der Waals surface area contributed by atoms with Crippen LogP contribution in [-0.2, 0) is 6.54 Å². The van der Waals surface area contributed by atoms with Crippen LogP contribution in [-0.4, -0.2) is 34.7 Å². The SMILES string of the molecule is COc1cc(OC)c(/C=N\NCc2ccc(OC)c(OC)c2)cc1Br. The van der Waals surface area contributed by atoms with Gasteiger partial charge >= 0.3 is 0 Å². The zero-order valence-corrected chi connectivity index (χ0v) is 16.2. The van der Waals surface area contributed by atoms with Gasteiger partial charge < -0.3 is 24.4 Å². The lowest BCUT2D eigenvalue weighted by Crippen LogP contribution is -2.06. The van der Waals surface area contributed by atoms with Gasteiger partial charge in [0.1, 0.15) is 11.5 Å². The summed E-state index contributed by atoms with van der Waals surface area (Å²) in [4.78, 5) is 0. The van der Waals surface area contributed by atoms with E-state index in [0.717, 1.165) is 15.6 Å². The van der Waals surface area contributed by atoms with Crippen molar-refractivity contribution in [1.29, 1.82) is 0 Å². The van der Waals surface area contributed by atoms with Gasteiger partial charge in [-0.2, -0.15) is 5.10 Å². The molecule has 0 aliphatic rings. The number of ether oxygens (including phenoxy) is 4. The fraction of sp³-hybridized carbons (Fsp3) is 0.278. The first-order chi connectivity index (χ1) is 12.1. The molecule has 0 unspecified atom stereocenters. The minimum absolute atomic E-state index is 0.552. The summed E-state index contributed by atoms with van der Waals surface area (Å²) in [6.07, 6.45) is 1.70. The smallest absolute Gasteiger partial charge is 0.161 e. The molecule has 0 bridgehead atoms. The van der Waals surface area contributed by atoms with Crippen LogP contribution in [0.3, 0.4) is 0 Å². The average molecular weight is 409 g/mol. The molecule has 2 aromatic carbocycles. The van der Waals surface area contributed by atoms with Crippen molar-refractivity contribution in [3.05, 3.63) is 45.9 Å². The molecule has 6 nitrogen and oxygen atoms in total. The summed E-state index contributed by atoms with van der Waals surface area (Å²) < 4.78 is 22.0. The highest BCUT2D eigenvalue weighted by Gasteiger charge is 2.08. The summed E-state index contributed by atoms with van der Waals surface area (Å²) >= 11 is 3.46. The molecule has 0 fully saturated rings. The zero-order valence-electron chi connectivity index (χ0n) is 14.6. The molecule has 134 valence electrons. The van der Waals surface area contributed by atoms with E-state index in [1.54, 1.807) is 40.7 Å². The van der Waals surface area contributed by atoms with E-state index in [-0.39, 0.29) is 0 Å². The first kappa shape index (κ1) is 18.9. The van der Waals surface area contributed by atoms with E-state index < -0.39 is 0 Å². The van der Waals surface area contributed by atoms with Gasteiger partial charge in [-0.05, 0) is 39.7 Å². The van der Waals surface area contributed by atoms with Crippen molar-refractivity contribution in [2.45, 2.75) is 6.54 Å². The Labute approximate surface area is 155 Å². The van der Waals surface area contributed by atoms with Gasteiger partial charge in [0.2, 0.25) is 0 Å². The molecule has 7 heteroatoms. The van der Waals surface area contributed by atoms with Crippen molar-refractivity contribution in [3.63, 3.8) is 0 Å². The van der Waals surface area contributed by atoms with Gasteiger partial charge in [-0.15, -0.1) is 0 Å². The summed E-state index contributed by atoms with van der Waals surface area (Å²) in [5.41, 5.74) is 4.86. The molecule has 0 saturated carbocycles. The average Bonchev–Trinajstić information content (AvgIpc) is 2.65. The van der Waals surface area contributed by atoms with Crippen LogP contribution < -0.4 is 24.4 Å². The first-order valence-electron chi connectivity index (χ1n) is 7.51. The molecule has 0 aromatic heterocycles. The quantitative estimate of drug-likeness (QED) is 0.533. The number of nitrogens with zero attached hydrogens (tertiary/aromatic N) is 1. The van der Waals surface area contributed by atoms with Gasteiger partial charge in [0.25, 0.3) is 0 Å². The van der Waals surface area contributed by atoms with E-state index in [9.17, 15) is 0 Å². The highest BCUT2D eigenvalue weighted by molar-refractivity contribution is 9.10. The van der Waals surface area contributed by atoms with E-state index >= 15 is 0 Å². The lowest BCUT2D eigenvalue weighted by atomic mass is 10.2. The van der Waals surface area contributed by atoms with E-state index in [4.69, 9.17) is 18.9 Å². The molecule has 2 rings (SSSR count). The van der Waals surface area contributed by atoms with Gasteiger partial charge in [-0.3, -0.25) is 0 Å². The topological polar surface area (TPSA) is 61.3 Å². The lowest BCUT2D eigenvalue weighted by Gasteiger charge is -2.10. The number of methoxy groups -OCH3 is 4. The van der Waals surface area contributed by atoms with Crippen molar-refractivity contribution in [2.75, 3.05) is 28.4 Å². The van der Waals surface area contributed by atoms with Crippen molar-refractivity contribution in [1.82, 2.24) is 5.43 Å². The van der Waals surface area contributed by atoms with E-state index in [1.807, 2.05) is 24.3 Å². The molecular formula is C18H21BrN2O4. The Balaban J connectivity index is 2.05. The molecule has 2 aromatic rings. The largest absolute Gasteiger partial charge is 0.496 e. The fourth-order valence-electron chi connectivity index (χ4n) is 2.23. The number of hydrogen-bond donors (Lipinski definition) is 1. The van der Waals surface area contributed by atoms with E-state index in [0.29, 0.717) is 29.5 Å². The van der Waals surface area contributed by atoms with Crippen LogP contribution in [0, 0.1) is 0 Å². The van der Waals surface area contributed by atoms with Crippen LogP contribution in [0.1, 0.15) is 11.1 Å². The zero-order chi connectivity index (χ0) is 18.2. The Hall–Kier alpha value is -2.41. The van der Waals surface area contributed by atoms with E-state index in [1.165, 1.54) is 0 Å². The summed E-state index contributed by atoms with van der Waals surface area (Å²) in [6, 6.07) is 9.42. The molecule has 0 amide bonds. The van der Waals surface area contributed by atoms with Gasteiger partial charge in [0.05, 0.1) is 45.7 Å². The van der Waals surface area contributed by atoms with Crippen LogP contribution >= 0.6 is 15.9 Å². The molecule has 0 spiro atoms. The third-order valence-corrected chi connectivity index (χ3v) is 4.15. The van der Waals surface area contributed by atoms with Gasteiger partial charge in [0.15, 0.2) is 11.5 Å². The first-order valence-corrected chi connectivity index (χ1v) is 8.30. The molecule has 0 heterocycles. The molecule has 1 N–H and O–H groups in total. The third kappa shape index (κ3) is 4.79. The molecule has 0 saturated heterocycles. The fourth-order valence-corrected chi connectivity index (χ4v) is 2.75. The molecule has 0 aliphatic heterocycles. The minimum atomic E-state index is 0.552. The number of rotatable bonds is 8. The van der Waals surface area contributed by atoms with Crippen molar-refractivity contribution in [3.8, 4) is 23.0 Å². The van der Waals surface area contributed by atoms with Crippen LogP contribution in [0.15, 0.2) is 39.9 Å². The minimum Gasteiger partial charge on any atom is -0.496 e. The van der Waals surface area contributed by atoms with Crippen molar-refractivity contribution in [2.24, 2.45) is 5.10 Å². The maximum absolute atomic E-state index is 5.36. The predicted octanol–water partition coefficient (Wildman–Crippen LogP) is 3.61. The molecular weight excluding hydrogens is 388 g/mol. The molecule has 25 heavy (non-hydrogen) atoms. The number of benzene rings is 2. The monoisotopic (exact) mass is 408 g/mol.